The van der Waals surface area contributed by atoms with Gasteiger partial charge in [0, 0.05) is 0 Å². The van der Waals surface area contributed by atoms with Crippen LogP contribution in [-0.4, -0.2) is 10.7 Å². The van der Waals surface area contributed by atoms with Gasteiger partial charge >= 0.3 is 0 Å². The third-order valence-corrected chi connectivity index (χ3v) is 3.53. The number of aliphatic hydroxyl groups is 1. The van der Waals surface area contributed by atoms with Crippen LogP contribution >= 0.6 is 0 Å². The minimum atomic E-state index is -0.822. The van der Waals surface area contributed by atoms with Crippen LogP contribution in [0.3, 0.4) is 0 Å². The van der Waals surface area contributed by atoms with Gasteiger partial charge in [-0.25, -0.2) is 0 Å². The number of nitriles is 1. The second kappa shape index (κ2) is 3.31. The third kappa shape index (κ3) is 2.03. The van der Waals surface area contributed by atoms with E-state index in [-0.39, 0.29) is 0 Å². The van der Waals surface area contributed by atoms with E-state index in [2.05, 4.69) is 6.07 Å². The van der Waals surface area contributed by atoms with Crippen molar-refractivity contribution in [3.8, 4) is 6.07 Å². The molecule has 0 aliphatic heterocycles. The predicted octanol–water partition coefficient (Wildman–Crippen LogP) is 2.48. The van der Waals surface area contributed by atoms with Crippen LogP contribution in [0.5, 0.6) is 0 Å². The van der Waals surface area contributed by atoms with E-state index in [9.17, 15) is 5.11 Å². The molecular formula is C11H19NO. The molecule has 13 heavy (non-hydrogen) atoms. The number of hydrogen-bond donors (Lipinski definition) is 1. The summed E-state index contributed by atoms with van der Waals surface area (Å²) in [5.41, 5.74) is -1.41. The zero-order valence-electron chi connectivity index (χ0n) is 8.80. The first-order valence-corrected chi connectivity index (χ1v) is 5.09. The lowest BCUT2D eigenvalue weighted by molar-refractivity contribution is -0.0435. The quantitative estimate of drug-likeness (QED) is 0.724. The molecule has 0 amide bonds. The van der Waals surface area contributed by atoms with Crippen LogP contribution in [0.4, 0.5) is 0 Å². The molecule has 0 saturated heterocycles. The zero-order chi connectivity index (χ0) is 10.1. The maximum Gasteiger partial charge on any atom is 0.0827 e. The van der Waals surface area contributed by atoms with E-state index in [1.54, 1.807) is 6.92 Å². The molecule has 1 N–H and O–H groups in total. The molecule has 1 fully saturated rings. The van der Waals surface area contributed by atoms with Crippen LogP contribution in [0.15, 0.2) is 0 Å². The molecule has 1 saturated carbocycles. The standard InChI is InChI=1S/C11H19NO/c1-4-10(2,8-12)11(3,13)7-9-5-6-9/h9,13H,4-7H2,1-3H3. The molecule has 0 bridgehead atoms. The van der Waals surface area contributed by atoms with Gasteiger partial charge in [-0.05, 0) is 32.6 Å². The van der Waals surface area contributed by atoms with Crippen molar-refractivity contribution in [3.63, 3.8) is 0 Å². The first-order chi connectivity index (χ1) is 5.95. The van der Waals surface area contributed by atoms with E-state index in [4.69, 9.17) is 5.26 Å². The van der Waals surface area contributed by atoms with E-state index in [0.717, 1.165) is 6.42 Å². The van der Waals surface area contributed by atoms with Crippen molar-refractivity contribution in [3.05, 3.63) is 0 Å². The molecule has 0 spiro atoms. The van der Waals surface area contributed by atoms with Gasteiger partial charge in [0.1, 0.15) is 0 Å². The Morgan fingerprint density at radius 1 is 1.46 bits per heavy atom. The van der Waals surface area contributed by atoms with Crippen LogP contribution in [0.25, 0.3) is 0 Å². The highest BCUT2D eigenvalue weighted by Crippen LogP contribution is 2.44. The van der Waals surface area contributed by atoms with Crippen LogP contribution in [0, 0.1) is 22.7 Å². The summed E-state index contributed by atoms with van der Waals surface area (Å²) in [5.74, 6) is 0.661. The Hall–Kier alpha value is -0.550. The number of hydrogen-bond acceptors (Lipinski definition) is 2. The molecule has 2 heteroatoms. The van der Waals surface area contributed by atoms with Crippen LogP contribution in [-0.2, 0) is 0 Å². The van der Waals surface area contributed by atoms with Gasteiger partial charge in [-0.2, -0.15) is 5.26 Å². The summed E-state index contributed by atoms with van der Waals surface area (Å²) >= 11 is 0. The Morgan fingerprint density at radius 3 is 2.31 bits per heavy atom. The average Bonchev–Trinajstić information content (AvgIpc) is 2.85. The van der Waals surface area contributed by atoms with Crippen molar-refractivity contribution in [1.82, 2.24) is 0 Å². The highest BCUT2D eigenvalue weighted by atomic mass is 16.3. The van der Waals surface area contributed by atoms with E-state index in [1.807, 2.05) is 13.8 Å². The molecule has 1 rings (SSSR count). The summed E-state index contributed by atoms with van der Waals surface area (Å²) in [5, 5.41) is 19.3. The van der Waals surface area contributed by atoms with E-state index < -0.39 is 11.0 Å². The van der Waals surface area contributed by atoms with Crippen molar-refractivity contribution >= 4 is 0 Å². The van der Waals surface area contributed by atoms with Gasteiger partial charge in [-0.3, -0.25) is 0 Å². The Bertz CT molecular complexity index is 225. The van der Waals surface area contributed by atoms with Gasteiger partial charge in [0.05, 0.1) is 17.1 Å². The lowest BCUT2D eigenvalue weighted by Crippen LogP contribution is -2.43. The molecule has 1 aliphatic carbocycles. The molecule has 2 unspecified atom stereocenters. The zero-order valence-corrected chi connectivity index (χ0v) is 8.80. The van der Waals surface area contributed by atoms with Gasteiger partial charge in [0.15, 0.2) is 0 Å². The normalized spacial score (nSPS) is 25.8. The average molecular weight is 181 g/mol. The second-order valence-corrected chi connectivity index (χ2v) is 4.72. The first kappa shape index (κ1) is 10.5. The van der Waals surface area contributed by atoms with E-state index in [1.165, 1.54) is 12.8 Å². The summed E-state index contributed by atoms with van der Waals surface area (Å²) in [6, 6.07) is 2.25. The third-order valence-electron chi connectivity index (χ3n) is 3.53. The molecule has 0 heterocycles. The number of rotatable bonds is 4. The Kier molecular flexibility index (Phi) is 2.68. The molecule has 0 aromatic heterocycles. The van der Waals surface area contributed by atoms with Crippen LogP contribution in [0.2, 0.25) is 0 Å². The maximum atomic E-state index is 10.2. The largest absolute Gasteiger partial charge is 0.389 e. The maximum absolute atomic E-state index is 10.2. The fourth-order valence-corrected chi connectivity index (χ4v) is 1.69. The molecule has 0 aromatic rings. The molecule has 0 radical (unpaired) electrons. The first-order valence-electron chi connectivity index (χ1n) is 5.09. The topological polar surface area (TPSA) is 44.0 Å². The SMILES string of the molecule is CCC(C)(C#N)C(C)(O)CC1CC1. The lowest BCUT2D eigenvalue weighted by atomic mass is 9.71. The van der Waals surface area contributed by atoms with Gasteiger partial charge in [0.2, 0.25) is 0 Å². The summed E-state index contributed by atoms with van der Waals surface area (Å²) in [4.78, 5) is 0. The van der Waals surface area contributed by atoms with E-state index >= 15 is 0 Å². The van der Waals surface area contributed by atoms with E-state index in [0.29, 0.717) is 12.3 Å². The predicted molar refractivity (Wildman–Crippen MR) is 52.0 cm³/mol. The fraction of sp³-hybridized carbons (Fsp3) is 0.909. The molecule has 1 aliphatic rings. The Morgan fingerprint density at radius 2 is 2.00 bits per heavy atom. The Balaban J connectivity index is 2.69. The van der Waals surface area contributed by atoms with Crippen molar-refractivity contribution in [2.45, 2.75) is 52.1 Å². The minimum Gasteiger partial charge on any atom is -0.389 e. The molecule has 2 atom stereocenters. The number of nitrogens with zero attached hydrogens (tertiary/aromatic N) is 1. The summed E-state index contributed by atoms with van der Waals surface area (Å²) < 4.78 is 0. The van der Waals surface area contributed by atoms with Gasteiger partial charge in [-0.15, -0.1) is 0 Å². The molecule has 2 nitrogen and oxygen atoms in total. The highest BCUT2D eigenvalue weighted by molar-refractivity contribution is 5.07. The smallest absolute Gasteiger partial charge is 0.0827 e. The van der Waals surface area contributed by atoms with Crippen molar-refractivity contribution in [2.75, 3.05) is 0 Å². The van der Waals surface area contributed by atoms with Crippen LogP contribution in [0.1, 0.15) is 46.5 Å². The summed E-state index contributed by atoms with van der Waals surface area (Å²) in [6.45, 7) is 5.62. The summed E-state index contributed by atoms with van der Waals surface area (Å²) in [7, 11) is 0. The van der Waals surface area contributed by atoms with Crippen molar-refractivity contribution in [2.24, 2.45) is 11.3 Å². The highest BCUT2D eigenvalue weighted by Gasteiger charge is 2.45. The van der Waals surface area contributed by atoms with Crippen molar-refractivity contribution < 1.29 is 5.11 Å². The van der Waals surface area contributed by atoms with Crippen molar-refractivity contribution in [1.29, 1.82) is 5.26 Å². The Labute approximate surface area is 80.6 Å². The summed E-state index contributed by atoms with van der Waals surface area (Å²) in [6.07, 6.45) is 3.94. The van der Waals surface area contributed by atoms with Gasteiger partial charge < -0.3 is 5.11 Å². The second-order valence-electron chi connectivity index (χ2n) is 4.72. The lowest BCUT2D eigenvalue weighted by Gasteiger charge is -2.37. The minimum absolute atomic E-state index is 0.588. The monoisotopic (exact) mass is 181 g/mol. The van der Waals surface area contributed by atoms with Crippen LogP contribution < -0.4 is 0 Å². The molecule has 0 aromatic carbocycles. The fourth-order valence-electron chi connectivity index (χ4n) is 1.69. The van der Waals surface area contributed by atoms with Gasteiger partial charge in [-0.1, -0.05) is 19.8 Å². The molecular weight excluding hydrogens is 162 g/mol. The molecule has 74 valence electrons. The van der Waals surface area contributed by atoms with Gasteiger partial charge in [0.25, 0.3) is 0 Å².